The Kier molecular flexibility index (Phi) is 3.80. The molecule has 6 heteroatoms. The Morgan fingerprint density at radius 3 is 2.47 bits per heavy atom. The maximum atomic E-state index is 6.28. The first-order valence-electron chi connectivity index (χ1n) is 6.20. The number of hydrogen-bond acceptors (Lipinski definition) is 5. The summed E-state index contributed by atoms with van der Waals surface area (Å²) in [4.78, 5) is 8.55. The fourth-order valence-corrected chi connectivity index (χ4v) is 1.92. The van der Waals surface area contributed by atoms with Gasteiger partial charge in [0.1, 0.15) is 5.69 Å². The van der Waals surface area contributed by atoms with E-state index in [9.17, 15) is 0 Å². The molecule has 0 saturated carbocycles. The van der Waals surface area contributed by atoms with E-state index in [4.69, 9.17) is 10.5 Å². The van der Waals surface area contributed by atoms with Crippen molar-refractivity contribution in [1.29, 1.82) is 0 Å². The number of rotatable bonds is 4. The van der Waals surface area contributed by atoms with Crippen LogP contribution in [0, 0.1) is 6.92 Å². The molecule has 0 amide bonds. The van der Waals surface area contributed by atoms with Crippen molar-refractivity contribution in [2.24, 2.45) is 5.73 Å². The van der Waals surface area contributed by atoms with E-state index < -0.39 is 6.04 Å². The summed E-state index contributed by atoms with van der Waals surface area (Å²) >= 11 is 0. The molecule has 0 saturated heterocycles. The van der Waals surface area contributed by atoms with Gasteiger partial charge in [-0.3, -0.25) is 14.6 Å². The molecule has 0 spiro atoms. The lowest BCUT2D eigenvalue weighted by Gasteiger charge is -2.17. The van der Waals surface area contributed by atoms with E-state index in [1.807, 2.05) is 25.5 Å². The number of aromatic nitrogens is 4. The summed E-state index contributed by atoms with van der Waals surface area (Å²) in [5.74, 6) is 0.670. The molecule has 0 fully saturated rings. The van der Waals surface area contributed by atoms with Gasteiger partial charge in [0.2, 0.25) is 0 Å². The SMILES string of the molecule is COc1cnn(C(C)C)c1C(N)c1cnc(C)cn1. The zero-order valence-electron chi connectivity index (χ0n) is 11.7. The van der Waals surface area contributed by atoms with Crippen LogP contribution in [0.5, 0.6) is 5.75 Å². The van der Waals surface area contributed by atoms with E-state index in [-0.39, 0.29) is 6.04 Å². The molecule has 102 valence electrons. The zero-order chi connectivity index (χ0) is 14.0. The first kappa shape index (κ1) is 13.5. The minimum atomic E-state index is -0.409. The lowest BCUT2D eigenvalue weighted by atomic mass is 10.1. The third kappa shape index (κ3) is 2.58. The quantitative estimate of drug-likeness (QED) is 0.904. The summed E-state index contributed by atoms with van der Waals surface area (Å²) in [5, 5.41) is 4.31. The molecule has 0 aliphatic rings. The number of nitrogens with two attached hydrogens (primary N) is 1. The van der Waals surface area contributed by atoms with Gasteiger partial charge in [-0.1, -0.05) is 0 Å². The van der Waals surface area contributed by atoms with E-state index in [0.717, 1.165) is 11.4 Å². The van der Waals surface area contributed by atoms with Gasteiger partial charge in [0.05, 0.1) is 36.9 Å². The number of aryl methyl sites for hydroxylation is 1. The van der Waals surface area contributed by atoms with Crippen LogP contribution in [-0.2, 0) is 0 Å². The van der Waals surface area contributed by atoms with Gasteiger partial charge >= 0.3 is 0 Å². The van der Waals surface area contributed by atoms with Crippen LogP contribution in [0.3, 0.4) is 0 Å². The fourth-order valence-electron chi connectivity index (χ4n) is 1.92. The molecule has 2 aromatic rings. The van der Waals surface area contributed by atoms with Crippen LogP contribution in [0.4, 0.5) is 0 Å². The second-order valence-corrected chi connectivity index (χ2v) is 4.70. The molecule has 2 N–H and O–H groups in total. The van der Waals surface area contributed by atoms with Crippen LogP contribution in [0.1, 0.15) is 43.0 Å². The monoisotopic (exact) mass is 261 g/mol. The summed E-state index contributed by atoms with van der Waals surface area (Å²) in [6.07, 6.45) is 5.08. The van der Waals surface area contributed by atoms with Crippen LogP contribution in [0.15, 0.2) is 18.6 Å². The van der Waals surface area contributed by atoms with Crippen molar-refractivity contribution in [3.8, 4) is 5.75 Å². The molecule has 0 aliphatic heterocycles. The van der Waals surface area contributed by atoms with Gasteiger partial charge in [0.15, 0.2) is 5.75 Å². The zero-order valence-corrected chi connectivity index (χ0v) is 11.7. The van der Waals surface area contributed by atoms with Crippen LogP contribution in [0.2, 0.25) is 0 Å². The summed E-state index contributed by atoms with van der Waals surface area (Å²) in [5.41, 5.74) is 8.66. The summed E-state index contributed by atoms with van der Waals surface area (Å²) in [7, 11) is 1.61. The Morgan fingerprint density at radius 1 is 1.21 bits per heavy atom. The molecule has 1 atom stereocenters. The lowest BCUT2D eigenvalue weighted by Crippen LogP contribution is -2.20. The Hall–Kier alpha value is -1.95. The van der Waals surface area contributed by atoms with E-state index in [2.05, 4.69) is 15.1 Å². The molecular formula is C13H19N5O. The molecule has 0 radical (unpaired) electrons. The molecule has 2 aromatic heterocycles. The van der Waals surface area contributed by atoms with Crippen LogP contribution < -0.4 is 10.5 Å². The highest BCUT2D eigenvalue weighted by molar-refractivity contribution is 5.33. The van der Waals surface area contributed by atoms with Gasteiger partial charge in [-0.15, -0.1) is 0 Å². The topological polar surface area (TPSA) is 78.9 Å². The lowest BCUT2D eigenvalue weighted by molar-refractivity contribution is 0.400. The molecular weight excluding hydrogens is 242 g/mol. The van der Waals surface area contributed by atoms with Gasteiger partial charge in [-0.25, -0.2) is 0 Å². The van der Waals surface area contributed by atoms with Gasteiger partial charge < -0.3 is 10.5 Å². The number of methoxy groups -OCH3 is 1. The van der Waals surface area contributed by atoms with Crippen molar-refractivity contribution in [3.63, 3.8) is 0 Å². The maximum absolute atomic E-state index is 6.28. The highest BCUT2D eigenvalue weighted by atomic mass is 16.5. The number of hydrogen-bond donors (Lipinski definition) is 1. The summed E-state index contributed by atoms with van der Waals surface area (Å²) in [6, 6.07) is -0.212. The Bertz CT molecular complexity index is 547. The highest BCUT2D eigenvalue weighted by Gasteiger charge is 2.22. The average Bonchev–Trinajstić information content (AvgIpc) is 2.82. The third-order valence-electron chi connectivity index (χ3n) is 2.92. The number of ether oxygens (including phenoxy) is 1. The first-order valence-corrected chi connectivity index (χ1v) is 6.20. The van der Waals surface area contributed by atoms with Gasteiger partial charge in [-0.05, 0) is 20.8 Å². The number of nitrogens with zero attached hydrogens (tertiary/aromatic N) is 4. The predicted octanol–water partition coefficient (Wildman–Crippen LogP) is 1.62. The van der Waals surface area contributed by atoms with Crippen molar-refractivity contribution in [2.45, 2.75) is 32.9 Å². The van der Waals surface area contributed by atoms with Gasteiger partial charge in [-0.2, -0.15) is 5.10 Å². The van der Waals surface area contributed by atoms with Gasteiger partial charge in [0, 0.05) is 12.2 Å². The largest absolute Gasteiger partial charge is 0.493 e. The van der Waals surface area contributed by atoms with Crippen LogP contribution in [0.25, 0.3) is 0 Å². The van der Waals surface area contributed by atoms with E-state index in [1.165, 1.54) is 0 Å². The Labute approximate surface area is 112 Å². The maximum Gasteiger partial charge on any atom is 0.161 e. The highest BCUT2D eigenvalue weighted by Crippen LogP contribution is 2.29. The smallest absolute Gasteiger partial charge is 0.161 e. The normalized spacial score (nSPS) is 12.7. The van der Waals surface area contributed by atoms with Crippen molar-refractivity contribution >= 4 is 0 Å². The standard InChI is InChI=1S/C13H19N5O/c1-8(2)18-13(11(19-4)7-17-18)12(14)10-6-15-9(3)5-16-10/h5-8,12H,14H2,1-4H3. The minimum absolute atomic E-state index is 0.198. The molecule has 0 aliphatic carbocycles. The minimum Gasteiger partial charge on any atom is -0.493 e. The van der Waals surface area contributed by atoms with E-state index >= 15 is 0 Å². The second-order valence-electron chi connectivity index (χ2n) is 4.70. The molecule has 0 bridgehead atoms. The fraction of sp³-hybridized carbons (Fsp3) is 0.462. The van der Waals surface area contributed by atoms with Crippen molar-refractivity contribution in [2.75, 3.05) is 7.11 Å². The summed E-state index contributed by atoms with van der Waals surface area (Å²) in [6.45, 7) is 5.98. The van der Waals surface area contributed by atoms with Crippen molar-refractivity contribution < 1.29 is 4.74 Å². The average molecular weight is 261 g/mol. The van der Waals surface area contributed by atoms with E-state index in [0.29, 0.717) is 11.4 Å². The molecule has 1 unspecified atom stereocenters. The molecule has 0 aromatic carbocycles. The van der Waals surface area contributed by atoms with Crippen LogP contribution in [-0.4, -0.2) is 26.9 Å². The van der Waals surface area contributed by atoms with E-state index in [1.54, 1.807) is 25.7 Å². The van der Waals surface area contributed by atoms with Gasteiger partial charge in [0.25, 0.3) is 0 Å². The second kappa shape index (κ2) is 5.36. The predicted molar refractivity (Wildman–Crippen MR) is 72.0 cm³/mol. The van der Waals surface area contributed by atoms with Crippen LogP contribution >= 0.6 is 0 Å². The molecule has 6 nitrogen and oxygen atoms in total. The molecule has 2 heterocycles. The molecule has 19 heavy (non-hydrogen) atoms. The van der Waals surface area contributed by atoms with Crippen molar-refractivity contribution in [3.05, 3.63) is 35.7 Å². The van der Waals surface area contributed by atoms with Crippen molar-refractivity contribution in [1.82, 2.24) is 19.7 Å². The Balaban J connectivity index is 2.44. The molecule has 2 rings (SSSR count). The Morgan fingerprint density at radius 2 is 1.95 bits per heavy atom. The third-order valence-corrected chi connectivity index (χ3v) is 2.92. The first-order chi connectivity index (χ1) is 9.04. The summed E-state index contributed by atoms with van der Waals surface area (Å²) < 4.78 is 7.18.